The van der Waals surface area contributed by atoms with Gasteiger partial charge in [0.25, 0.3) is 0 Å². The second-order valence-corrected chi connectivity index (χ2v) is 8.63. The molecule has 0 aromatic heterocycles. The van der Waals surface area contributed by atoms with Gasteiger partial charge in [-0.15, -0.1) is 0 Å². The van der Waals surface area contributed by atoms with Crippen LogP contribution in [-0.2, 0) is 4.74 Å². The molecule has 2 nitrogen and oxygen atoms in total. The monoisotopic (exact) mass is 319 g/mol. The molecule has 2 heteroatoms. The van der Waals surface area contributed by atoms with E-state index in [0.717, 1.165) is 11.8 Å². The van der Waals surface area contributed by atoms with Crippen LogP contribution in [0.15, 0.2) is 23.8 Å². The molecule has 0 bridgehead atoms. The highest BCUT2D eigenvalue weighted by Gasteiger charge is 2.46. The van der Waals surface area contributed by atoms with Crippen LogP contribution < -0.4 is 5.32 Å². The molecule has 0 saturated carbocycles. The quantitative estimate of drug-likeness (QED) is 0.401. The van der Waals surface area contributed by atoms with Crippen LogP contribution in [-0.4, -0.2) is 17.2 Å². The number of nitrogens with two attached hydrogens (primary N) is 1. The van der Waals surface area contributed by atoms with Crippen LogP contribution in [0.3, 0.4) is 0 Å². The van der Waals surface area contributed by atoms with Gasteiger partial charge in [-0.3, -0.25) is 0 Å². The molecule has 1 aliphatic heterocycles. The second kappa shape index (κ2) is 7.53. The average molecular weight is 320 g/mol. The average Bonchev–Trinajstić information content (AvgIpc) is 3.13. The number of ether oxygens (including phenoxy) is 1. The lowest BCUT2D eigenvalue weighted by Crippen LogP contribution is -2.90. The summed E-state index contributed by atoms with van der Waals surface area (Å²) in [6.07, 6.45) is 15.2. The van der Waals surface area contributed by atoms with E-state index in [4.69, 9.17) is 4.74 Å². The Bertz CT molecular complexity index is 451. The van der Waals surface area contributed by atoms with Gasteiger partial charge in [-0.25, -0.2) is 0 Å². The van der Waals surface area contributed by atoms with Gasteiger partial charge in [-0.2, -0.15) is 7.05 Å². The highest BCUT2D eigenvalue weighted by molar-refractivity contribution is 5.07. The summed E-state index contributed by atoms with van der Waals surface area (Å²) in [4.78, 5) is 0. The fourth-order valence-corrected chi connectivity index (χ4v) is 3.65. The minimum Gasteiger partial charge on any atom is -0.471 e. The smallest absolute Gasteiger partial charge is 0.0892 e. The van der Waals surface area contributed by atoms with Crippen molar-refractivity contribution in [3.8, 4) is 0 Å². The first-order valence-corrected chi connectivity index (χ1v) is 9.42. The molecule has 2 aliphatic rings. The molecule has 23 heavy (non-hydrogen) atoms. The van der Waals surface area contributed by atoms with Crippen LogP contribution in [0.2, 0.25) is 0 Å². The Morgan fingerprint density at radius 3 is 2.65 bits per heavy atom. The number of allylic oxidation sites excluding steroid dienone is 3. The van der Waals surface area contributed by atoms with Crippen LogP contribution in [0.4, 0.5) is 0 Å². The lowest BCUT2D eigenvalue weighted by atomic mass is 9.77. The van der Waals surface area contributed by atoms with Gasteiger partial charge < -0.3 is 10.1 Å². The van der Waals surface area contributed by atoms with E-state index in [0.29, 0.717) is 6.10 Å². The third kappa shape index (κ3) is 5.46. The molecule has 1 aliphatic carbocycles. The van der Waals surface area contributed by atoms with Gasteiger partial charge in [0, 0.05) is 6.42 Å². The molecule has 0 radical (unpaired) electrons. The normalized spacial score (nSPS) is 34.4. The third-order valence-corrected chi connectivity index (χ3v) is 6.02. The zero-order valence-corrected chi connectivity index (χ0v) is 15.9. The highest BCUT2D eigenvalue weighted by atomic mass is 16.6. The number of rotatable bonds is 8. The standard InChI is InChI=1S/C21H37NO/c1-16(10-11-19-20(3,4)23-19)8-7-9-17(2)18-12-14-21(5,22-6)15-13-18/h8,12,14,17-19H,6-7,9-11,13,15,22H2,1-5H3/b16-8+/t17-,18+,19?,21+/m1/s1. The fraction of sp³-hybridized carbons (Fsp3) is 0.762. The van der Waals surface area contributed by atoms with E-state index < -0.39 is 0 Å². The maximum Gasteiger partial charge on any atom is 0.0892 e. The number of hydrogen-bond acceptors (Lipinski definition) is 1. The molecule has 2 rings (SSSR count). The topological polar surface area (TPSA) is 29.1 Å². The first-order valence-electron chi connectivity index (χ1n) is 9.42. The molecule has 2 N–H and O–H groups in total. The van der Waals surface area contributed by atoms with E-state index in [9.17, 15) is 0 Å². The molecule has 1 unspecified atom stereocenters. The summed E-state index contributed by atoms with van der Waals surface area (Å²) in [7, 11) is 3.97. The Balaban J connectivity index is 1.67. The van der Waals surface area contributed by atoms with Crippen molar-refractivity contribution in [3.05, 3.63) is 30.8 Å². The molecule has 0 aromatic rings. The van der Waals surface area contributed by atoms with Gasteiger partial charge in [-0.1, -0.05) is 24.6 Å². The van der Waals surface area contributed by atoms with Gasteiger partial charge in [0.15, 0.2) is 0 Å². The van der Waals surface area contributed by atoms with E-state index in [1.165, 1.54) is 44.1 Å². The summed E-state index contributed by atoms with van der Waals surface area (Å²) in [6.45, 7) is 11.3. The zero-order chi connectivity index (χ0) is 17.1. The predicted octanol–water partition coefficient (Wildman–Crippen LogP) is 4.39. The number of epoxide rings is 1. The zero-order valence-electron chi connectivity index (χ0n) is 15.9. The summed E-state index contributed by atoms with van der Waals surface area (Å²) >= 11 is 0. The number of hydrogen-bond donors (Lipinski definition) is 1. The van der Waals surface area contributed by atoms with Crippen LogP contribution in [0.5, 0.6) is 0 Å². The SMILES string of the molecule is [CH2-][NH2+][C@@]1(C)C=C[C@H]([C@H](C)CC/C=C(\C)CCC2OC2(C)C)CC1. The maximum atomic E-state index is 5.66. The fourth-order valence-electron chi connectivity index (χ4n) is 3.65. The van der Waals surface area contributed by atoms with Crippen molar-refractivity contribution in [2.75, 3.05) is 0 Å². The summed E-state index contributed by atoms with van der Waals surface area (Å²) in [6, 6.07) is 0. The van der Waals surface area contributed by atoms with E-state index in [1.807, 2.05) is 0 Å². The number of quaternary nitrogens is 1. The van der Waals surface area contributed by atoms with E-state index in [1.54, 1.807) is 0 Å². The van der Waals surface area contributed by atoms with Crippen molar-refractivity contribution in [1.29, 1.82) is 0 Å². The molecule has 1 heterocycles. The largest absolute Gasteiger partial charge is 0.471 e. The van der Waals surface area contributed by atoms with Gasteiger partial charge in [-0.05, 0) is 77.7 Å². The minimum absolute atomic E-state index is 0.141. The molecule has 1 fully saturated rings. The van der Waals surface area contributed by atoms with Crippen molar-refractivity contribution in [3.63, 3.8) is 0 Å². The Morgan fingerprint density at radius 1 is 1.43 bits per heavy atom. The molecule has 1 saturated heterocycles. The van der Waals surface area contributed by atoms with Crippen molar-refractivity contribution in [2.24, 2.45) is 11.8 Å². The summed E-state index contributed by atoms with van der Waals surface area (Å²) in [5.41, 5.74) is 1.90. The first-order chi connectivity index (χ1) is 10.8. The molecular weight excluding hydrogens is 282 g/mol. The summed E-state index contributed by atoms with van der Waals surface area (Å²) in [5, 5.41) is 2.10. The van der Waals surface area contributed by atoms with Crippen molar-refractivity contribution in [1.82, 2.24) is 0 Å². The lowest BCUT2D eigenvalue weighted by molar-refractivity contribution is -0.661. The Labute approximate surface area is 143 Å². The third-order valence-electron chi connectivity index (χ3n) is 6.02. The minimum atomic E-state index is 0.141. The van der Waals surface area contributed by atoms with Crippen LogP contribution >= 0.6 is 0 Å². The molecule has 0 spiro atoms. The van der Waals surface area contributed by atoms with Gasteiger partial charge in [0.2, 0.25) is 0 Å². The van der Waals surface area contributed by atoms with Crippen LogP contribution in [0.1, 0.15) is 73.1 Å². The van der Waals surface area contributed by atoms with E-state index >= 15 is 0 Å². The van der Waals surface area contributed by atoms with Crippen LogP contribution in [0, 0.1) is 18.9 Å². The summed E-state index contributed by atoms with van der Waals surface area (Å²) < 4.78 is 5.66. The maximum absolute atomic E-state index is 5.66. The van der Waals surface area contributed by atoms with E-state index in [2.05, 4.69) is 65.2 Å². The molecular formula is C21H37NO. The van der Waals surface area contributed by atoms with Crippen LogP contribution in [0.25, 0.3) is 0 Å². The molecule has 132 valence electrons. The molecule has 4 atom stereocenters. The van der Waals surface area contributed by atoms with Gasteiger partial charge in [0.1, 0.15) is 0 Å². The van der Waals surface area contributed by atoms with Gasteiger partial charge >= 0.3 is 0 Å². The second-order valence-electron chi connectivity index (χ2n) is 8.63. The Morgan fingerprint density at radius 2 is 2.13 bits per heavy atom. The molecule has 0 aromatic carbocycles. The predicted molar refractivity (Wildman–Crippen MR) is 97.9 cm³/mol. The van der Waals surface area contributed by atoms with E-state index in [-0.39, 0.29) is 11.1 Å². The molecule has 0 amide bonds. The summed E-state index contributed by atoms with van der Waals surface area (Å²) in [5.74, 6) is 1.52. The Kier molecular flexibility index (Phi) is 6.13. The van der Waals surface area contributed by atoms with Gasteiger partial charge in [0.05, 0.1) is 17.2 Å². The Hall–Kier alpha value is -0.600. The van der Waals surface area contributed by atoms with Crippen molar-refractivity contribution < 1.29 is 10.1 Å². The first kappa shape index (κ1) is 18.7. The lowest BCUT2D eigenvalue weighted by Gasteiger charge is -2.34. The van der Waals surface area contributed by atoms with Crippen molar-refractivity contribution in [2.45, 2.75) is 90.4 Å². The van der Waals surface area contributed by atoms with Crippen molar-refractivity contribution >= 4 is 0 Å². The highest BCUT2D eigenvalue weighted by Crippen LogP contribution is 2.39.